The highest BCUT2D eigenvalue weighted by atomic mass is 35.5. The molecule has 0 aliphatic heterocycles. The Bertz CT molecular complexity index is 1590. The molecular formula is C25H18ClF3N6O2. The van der Waals surface area contributed by atoms with Crippen LogP contribution in [0.5, 0.6) is 11.6 Å². The summed E-state index contributed by atoms with van der Waals surface area (Å²) in [6.07, 6.45) is -0.405. The summed E-state index contributed by atoms with van der Waals surface area (Å²) in [4.78, 5) is 25.1. The molecule has 0 atom stereocenters. The summed E-state index contributed by atoms with van der Waals surface area (Å²) in [5.74, 6) is 0.381. The van der Waals surface area contributed by atoms with E-state index in [1.165, 1.54) is 18.5 Å². The van der Waals surface area contributed by atoms with Gasteiger partial charge in [-0.3, -0.25) is 9.36 Å². The zero-order valence-corrected chi connectivity index (χ0v) is 19.7. The van der Waals surface area contributed by atoms with Crippen molar-refractivity contribution in [3.63, 3.8) is 0 Å². The number of fused-ring (bicyclic) bond motifs is 1. The van der Waals surface area contributed by atoms with Gasteiger partial charge in [0.05, 0.1) is 25.6 Å². The first-order valence-electron chi connectivity index (χ1n) is 11.0. The van der Waals surface area contributed by atoms with Gasteiger partial charge in [0.2, 0.25) is 11.8 Å². The Morgan fingerprint density at radius 1 is 1.00 bits per heavy atom. The van der Waals surface area contributed by atoms with Gasteiger partial charge in [-0.2, -0.15) is 4.98 Å². The Balaban J connectivity index is 1.48. The number of hydrogen-bond donors (Lipinski definition) is 1. The topological polar surface area (TPSA) is 86.9 Å². The van der Waals surface area contributed by atoms with E-state index in [0.29, 0.717) is 16.5 Å². The molecule has 37 heavy (non-hydrogen) atoms. The first kappa shape index (κ1) is 24.3. The maximum atomic E-state index is 13.1. The first-order valence-corrected chi connectivity index (χ1v) is 11.4. The zero-order chi connectivity index (χ0) is 25.9. The third kappa shape index (κ3) is 5.56. The van der Waals surface area contributed by atoms with Crippen molar-refractivity contribution < 1.29 is 17.9 Å². The SMILES string of the molecule is O=c1nc(Nc2ccc(Oc3ccc(F)cn3)cc2)n(Cc2ccc(Cl)cc2)c2ncn(CC(F)F)c12. The van der Waals surface area contributed by atoms with Gasteiger partial charge in [-0.25, -0.2) is 23.1 Å². The number of aromatic nitrogens is 5. The Morgan fingerprint density at radius 3 is 2.43 bits per heavy atom. The van der Waals surface area contributed by atoms with Crippen LogP contribution in [0.15, 0.2) is 78.0 Å². The number of benzene rings is 2. The van der Waals surface area contributed by atoms with Gasteiger partial charge in [0.15, 0.2) is 11.2 Å². The molecule has 1 N–H and O–H groups in total. The van der Waals surface area contributed by atoms with E-state index in [9.17, 15) is 18.0 Å². The second kappa shape index (κ2) is 10.3. The summed E-state index contributed by atoms with van der Waals surface area (Å²) >= 11 is 6.00. The number of ether oxygens (including phenoxy) is 1. The third-order valence-electron chi connectivity index (χ3n) is 5.36. The van der Waals surface area contributed by atoms with Crippen molar-refractivity contribution in [1.29, 1.82) is 0 Å². The van der Waals surface area contributed by atoms with Crippen LogP contribution in [-0.2, 0) is 13.1 Å². The van der Waals surface area contributed by atoms with Gasteiger partial charge in [-0.1, -0.05) is 23.7 Å². The average Bonchev–Trinajstić information content (AvgIpc) is 3.29. The zero-order valence-electron chi connectivity index (χ0n) is 19.0. The summed E-state index contributed by atoms with van der Waals surface area (Å²) in [5, 5.41) is 3.65. The highest BCUT2D eigenvalue weighted by Gasteiger charge is 2.18. The molecule has 0 spiro atoms. The standard InChI is InChI=1S/C25H18ClF3N6O2/c26-16-3-1-15(2-4-16)12-35-23-22(34(14-31-23)13-20(28)29)24(36)33-25(35)32-18-6-8-19(9-7-18)37-21-10-5-17(27)11-30-21/h1-11,14,20H,12-13H2,(H,32,33,36). The Hall–Kier alpha value is -4.38. The van der Waals surface area contributed by atoms with Crippen LogP contribution >= 0.6 is 11.6 Å². The number of hydrogen-bond acceptors (Lipinski definition) is 6. The lowest BCUT2D eigenvalue weighted by atomic mass is 10.2. The fourth-order valence-corrected chi connectivity index (χ4v) is 3.81. The highest BCUT2D eigenvalue weighted by Crippen LogP contribution is 2.25. The highest BCUT2D eigenvalue weighted by molar-refractivity contribution is 6.30. The van der Waals surface area contributed by atoms with Crippen LogP contribution in [0.4, 0.5) is 24.8 Å². The minimum atomic E-state index is -2.66. The van der Waals surface area contributed by atoms with Crippen molar-refractivity contribution in [2.75, 3.05) is 5.32 Å². The molecule has 8 nitrogen and oxygen atoms in total. The van der Waals surface area contributed by atoms with Crippen LogP contribution in [0, 0.1) is 5.82 Å². The predicted molar refractivity (Wildman–Crippen MR) is 132 cm³/mol. The normalized spacial score (nSPS) is 11.3. The molecule has 188 valence electrons. The summed E-state index contributed by atoms with van der Waals surface area (Å²) in [6.45, 7) is -0.433. The minimum absolute atomic E-state index is 0.0182. The van der Waals surface area contributed by atoms with Crippen LogP contribution in [-0.4, -0.2) is 30.5 Å². The van der Waals surface area contributed by atoms with Gasteiger partial charge in [0.25, 0.3) is 6.43 Å². The van der Waals surface area contributed by atoms with Crippen molar-refractivity contribution in [1.82, 2.24) is 24.1 Å². The van der Waals surface area contributed by atoms with E-state index >= 15 is 0 Å². The number of imidazole rings is 1. The van der Waals surface area contributed by atoms with Crippen molar-refractivity contribution in [2.45, 2.75) is 19.5 Å². The number of alkyl halides is 2. The van der Waals surface area contributed by atoms with Crippen LogP contribution in [0.2, 0.25) is 5.02 Å². The summed E-state index contributed by atoms with van der Waals surface area (Å²) in [6, 6.07) is 16.4. The molecule has 0 aliphatic carbocycles. The summed E-state index contributed by atoms with van der Waals surface area (Å²) in [5.41, 5.74) is 0.904. The molecule has 0 radical (unpaired) electrons. The third-order valence-corrected chi connectivity index (χ3v) is 5.61. The van der Waals surface area contributed by atoms with E-state index in [2.05, 4.69) is 20.3 Å². The Kier molecular flexibility index (Phi) is 6.78. The number of halogens is 4. The first-order chi connectivity index (χ1) is 17.9. The molecule has 0 unspecified atom stereocenters. The Morgan fingerprint density at radius 2 is 1.76 bits per heavy atom. The van der Waals surface area contributed by atoms with Crippen LogP contribution in [0.3, 0.4) is 0 Å². The summed E-state index contributed by atoms with van der Waals surface area (Å²) in [7, 11) is 0. The van der Waals surface area contributed by atoms with Crippen molar-refractivity contribution in [3.8, 4) is 11.6 Å². The van der Waals surface area contributed by atoms with Crippen molar-refractivity contribution in [3.05, 3.63) is 99.9 Å². The molecule has 3 heterocycles. The number of anilines is 2. The number of rotatable bonds is 8. The van der Waals surface area contributed by atoms with Gasteiger partial charge in [-0.05, 0) is 48.0 Å². The molecule has 0 amide bonds. The molecule has 12 heteroatoms. The monoisotopic (exact) mass is 526 g/mol. The van der Waals surface area contributed by atoms with Gasteiger partial charge in [0.1, 0.15) is 11.6 Å². The fraction of sp³-hybridized carbons (Fsp3) is 0.120. The smallest absolute Gasteiger partial charge is 0.300 e. The van der Waals surface area contributed by atoms with Gasteiger partial charge >= 0.3 is 5.56 Å². The van der Waals surface area contributed by atoms with E-state index in [4.69, 9.17) is 16.3 Å². The minimum Gasteiger partial charge on any atom is -0.439 e. The van der Waals surface area contributed by atoms with Crippen LogP contribution in [0.1, 0.15) is 5.56 Å². The molecule has 0 fully saturated rings. The molecule has 5 rings (SSSR count). The molecule has 0 aliphatic rings. The average molecular weight is 527 g/mol. The van der Waals surface area contributed by atoms with Gasteiger partial charge in [0, 0.05) is 16.8 Å². The Labute approximate surface area is 213 Å². The van der Waals surface area contributed by atoms with Crippen molar-refractivity contribution >= 4 is 34.4 Å². The van der Waals surface area contributed by atoms with E-state index in [0.717, 1.165) is 16.3 Å². The van der Waals surface area contributed by atoms with Gasteiger partial charge < -0.3 is 14.6 Å². The van der Waals surface area contributed by atoms with Crippen molar-refractivity contribution in [2.24, 2.45) is 0 Å². The van der Waals surface area contributed by atoms with Crippen LogP contribution in [0.25, 0.3) is 11.2 Å². The fourth-order valence-electron chi connectivity index (χ4n) is 3.68. The quantitative estimate of drug-likeness (QED) is 0.282. The second-order valence-electron chi connectivity index (χ2n) is 7.98. The largest absolute Gasteiger partial charge is 0.439 e. The summed E-state index contributed by atoms with van der Waals surface area (Å²) < 4.78 is 47.5. The molecule has 0 saturated heterocycles. The second-order valence-corrected chi connectivity index (χ2v) is 8.42. The molecule has 3 aromatic heterocycles. The van der Waals surface area contributed by atoms with Gasteiger partial charge in [-0.15, -0.1) is 0 Å². The maximum absolute atomic E-state index is 13.1. The number of pyridine rings is 1. The lowest BCUT2D eigenvalue weighted by Gasteiger charge is -2.16. The number of nitrogens with one attached hydrogen (secondary N) is 1. The molecule has 2 aromatic carbocycles. The lowest BCUT2D eigenvalue weighted by Crippen LogP contribution is -2.21. The molecule has 5 aromatic rings. The molecule has 0 saturated carbocycles. The predicted octanol–water partition coefficient (Wildman–Crippen LogP) is 5.63. The van der Waals surface area contributed by atoms with E-state index < -0.39 is 24.3 Å². The molecular weight excluding hydrogens is 509 g/mol. The van der Waals surface area contributed by atoms with Crippen LogP contribution < -0.4 is 15.6 Å². The van der Waals surface area contributed by atoms with E-state index in [-0.39, 0.29) is 29.5 Å². The number of nitrogens with zero attached hydrogens (tertiary/aromatic N) is 5. The van der Waals surface area contributed by atoms with E-state index in [1.54, 1.807) is 41.0 Å². The molecule has 0 bridgehead atoms. The maximum Gasteiger partial charge on any atom is 0.300 e. The van der Waals surface area contributed by atoms with E-state index in [1.807, 2.05) is 12.1 Å². The lowest BCUT2D eigenvalue weighted by molar-refractivity contribution is 0.128.